The van der Waals surface area contributed by atoms with Gasteiger partial charge in [-0.2, -0.15) is 4.72 Å². The van der Waals surface area contributed by atoms with Crippen LogP contribution in [0.15, 0.2) is 29.2 Å². The van der Waals surface area contributed by atoms with Crippen molar-refractivity contribution in [2.45, 2.75) is 30.7 Å². The van der Waals surface area contributed by atoms with E-state index in [2.05, 4.69) is 4.72 Å². The number of hydrogen-bond donors (Lipinski definition) is 1. The molecule has 1 fully saturated rings. The molecule has 0 aromatic heterocycles. The van der Waals surface area contributed by atoms with Crippen LogP contribution in [-0.4, -0.2) is 38.4 Å². The first-order valence-corrected chi connectivity index (χ1v) is 7.95. The first kappa shape index (κ1) is 14.9. The van der Waals surface area contributed by atoms with Gasteiger partial charge in [0, 0.05) is 13.1 Å². The predicted molar refractivity (Wildman–Crippen MR) is 72.0 cm³/mol. The van der Waals surface area contributed by atoms with Crippen LogP contribution >= 0.6 is 0 Å². The van der Waals surface area contributed by atoms with Crippen molar-refractivity contribution in [3.63, 3.8) is 0 Å². The van der Waals surface area contributed by atoms with E-state index in [-0.39, 0.29) is 10.8 Å². The van der Waals surface area contributed by atoms with Crippen molar-refractivity contribution in [2.24, 2.45) is 0 Å². The Kier molecular flexibility index (Phi) is 4.39. The van der Waals surface area contributed by atoms with Crippen molar-refractivity contribution < 1.29 is 17.6 Å². The van der Waals surface area contributed by atoms with Gasteiger partial charge in [-0.3, -0.25) is 4.79 Å². The summed E-state index contributed by atoms with van der Waals surface area (Å²) in [5.41, 5.74) is 0. The van der Waals surface area contributed by atoms with Crippen molar-refractivity contribution in [1.29, 1.82) is 0 Å². The number of carbonyl (C=O) groups is 1. The standard InChI is InChI=1S/C13H17FN2O3S/c1-10(13(17)16-8-2-3-9-16)15-20(18,19)12-6-4-11(14)5-7-12/h4-7,10,15H,2-3,8-9H2,1H3. The number of nitrogens with zero attached hydrogens (tertiary/aromatic N) is 1. The number of halogens is 1. The minimum atomic E-state index is -3.82. The Balaban J connectivity index is 2.07. The maximum absolute atomic E-state index is 12.8. The summed E-state index contributed by atoms with van der Waals surface area (Å²) in [6, 6.07) is 3.65. The fourth-order valence-corrected chi connectivity index (χ4v) is 3.37. The van der Waals surface area contributed by atoms with Crippen molar-refractivity contribution in [1.82, 2.24) is 9.62 Å². The van der Waals surface area contributed by atoms with Crippen molar-refractivity contribution in [3.8, 4) is 0 Å². The molecule has 1 amide bonds. The quantitative estimate of drug-likeness (QED) is 0.906. The van der Waals surface area contributed by atoms with E-state index in [1.54, 1.807) is 4.90 Å². The second-order valence-electron chi connectivity index (χ2n) is 4.83. The smallest absolute Gasteiger partial charge is 0.241 e. The summed E-state index contributed by atoms with van der Waals surface area (Å²) in [5.74, 6) is -0.738. The van der Waals surface area contributed by atoms with Crippen LogP contribution in [0.5, 0.6) is 0 Å². The van der Waals surface area contributed by atoms with Crippen LogP contribution in [0.2, 0.25) is 0 Å². The van der Waals surface area contributed by atoms with E-state index >= 15 is 0 Å². The lowest BCUT2D eigenvalue weighted by molar-refractivity contribution is -0.131. The van der Waals surface area contributed by atoms with E-state index in [1.165, 1.54) is 19.1 Å². The number of hydrogen-bond acceptors (Lipinski definition) is 3. The zero-order chi connectivity index (χ0) is 14.8. The SMILES string of the molecule is CC(NS(=O)(=O)c1ccc(F)cc1)C(=O)N1CCCC1. The molecule has 1 saturated heterocycles. The summed E-state index contributed by atoms with van der Waals surface area (Å²) in [7, 11) is -3.82. The first-order valence-electron chi connectivity index (χ1n) is 6.47. The summed E-state index contributed by atoms with van der Waals surface area (Å²) in [4.78, 5) is 13.6. The molecule has 5 nitrogen and oxygen atoms in total. The maximum Gasteiger partial charge on any atom is 0.241 e. The lowest BCUT2D eigenvalue weighted by atomic mass is 10.3. The first-order chi connectivity index (χ1) is 9.40. The molecule has 2 rings (SSSR count). The van der Waals surface area contributed by atoms with Crippen LogP contribution in [0.4, 0.5) is 4.39 Å². The third-order valence-corrected chi connectivity index (χ3v) is 4.80. The van der Waals surface area contributed by atoms with Gasteiger partial charge in [0.2, 0.25) is 15.9 Å². The highest BCUT2D eigenvalue weighted by molar-refractivity contribution is 7.89. The molecule has 0 spiro atoms. The molecule has 1 aliphatic rings. The second kappa shape index (κ2) is 5.88. The van der Waals surface area contributed by atoms with E-state index in [9.17, 15) is 17.6 Å². The third-order valence-electron chi connectivity index (χ3n) is 3.24. The average molecular weight is 300 g/mol. The Labute approximate surface area is 117 Å². The Morgan fingerprint density at radius 3 is 2.35 bits per heavy atom. The molecule has 1 aromatic rings. The van der Waals surface area contributed by atoms with Crippen LogP contribution in [0, 0.1) is 5.82 Å². The number of carbonyl (C=O) groups excluding carboxylic acids is 1. The van der Waals surface area contributed by atoms with Gasteiger partial charge in [0.1, 0.15) is 5.82 Å². The molecule has 1 aliphatic heterocycles. The Morgan fingerprint density at radius 2 is 1.80 bits per heavy atom. The Morgan fingerprint density at radius 1 is 1.25 bits per heavy atom. The largest absolute Gasteiger partial charge is 0.341 e. The molecular formula is C13H17FN2O3S. The fourth-order valence-electron chi connectivity index (χ4n) is 2.18. The minimum Gasteiger partial charge on any atom is -0.341 e. The molecule has 1 heterocycles. The van der Waals surface area contributed by atoms with Crippen LogP contribution in [0.3, 0.4) is 0 Å². The topological polar surface area (TPSA) is 66.5 Å². The number of rotatable bonds is 4. The fraction of sp³-hybridized carbons (Fsp3) is 0.462. The van der Waals surface area contributed by atoms with Crippen molar-refractivity contribution in [2.75, 3.05) is 13.1 Å². The van der Waals surface area contributed by atoms with Crippen LogP contribution in [0.25, 0.3) is 0 Å². The van der Waals surface area contributed by atoms with Gasteiger partial charge in [-0.15, -0.1) is 0 Å². The molecule has 0 aliphatic carbocycles. The summed E-state index contributed by atoms with van der Waals surface area (Å²) >= 11 is 0. The minimum absolute atomic E-state index is 0.0556. The monoisotopic (exact) mass is 300 g/mol. The van der Waals surface area contributed by atoms with Crippen molar-refractivity contribution >= 4 is 15.9 Å². The molecule has 0 radical (unpaired) electrons. The zero-order valence-electron chi connectivity index (χ0n) is 11.2. The van der Waals surface area contributed by atoms with Crippen LogP contribution in [0.1, 0.15) is 19.8 Å². The number of nitrogens with one attached hydrogen (secondary N) is 1. The summed E-state index contributed by atoms with van der Waals surface area (Å²) in [6.07, 6.45) is 1.90. The summed E-state index contributed by atoms with van der Waals surface area (Å²) in [5, 5.41) is 0. The van der Waals surface area contributed by atoms with Gasteiger partial charge < -0.3 is 4.90 Å². The van der Waals surface area contributed by atoms with E-state index in [1.807, 2.05) is 0 Å². The highest BCUT2D eigenvalue weighted by Gasteiger charge is 2.27. The summed E-state index contributed by atoms with van der Waals surface area (Å²) in [6.45, 7) is 2.85. The van der Waals surface area contributed by atoms with Gasteiger partial charge in [-0.25, -0.2) is 12.8 Å². The van der Waals surface area contributed by atoms with Gasteiger partial charge in [0.15, 0.2) is 0 Å². The molecule has 110 valence electrons. The van der Waals surface area contributed by atoms with Crippen LogP contribution in [-0.2, 0) is 14.8 Å². The molecule has 0 bridgehead atoms. The number of sulfonamides is 1. The molecular weight excluding hydrogens is 283 g/mol. The number of amides is 1. The highest BCUT2D eigenvalue weighted by atomic mass is 32.2. The Bertz CT molecular complexity index is 580. The van der Waals surface area contributed by atoms with E-state index < -0.39 is 21.9 Å². The number of likely N-dealkylation sites (tertiary alicyclic amines) is 1. The predicted octanol–water partition coefficient (Wildman–Crippen LogP) is 1.11. The average Bonchev–Trinajstić information content (AvgIpc) is 2.91. The van der Waals surface area contributed by atoms with E-state index in [0.717, 1.165) is 25.0 Å². The maximum atomic E-state index is 12.8. The van der Waals surface area contributed by atoms with Gasteiger partial charge in [-0.1, -0.05) is 0 Å². The molecule has 7 heteroatoms. The molecule has 1 unspecified atom stereocenters. The molecule has 20 heavy (non-hydrogen) atoms. The molecule has 1 N–H and O–H groups in total. The lowest BCUT2D eigenvalue weighted by Crippen LogP contribution is -2.45. The molecule has 1 aromatic carbocycles. The highest BCUT2D eigenvalue weighted by Crippen LogP contribution is 2.13. The van der Waals surface area contributed by atoms with Crippen molar-refractivity contribution in [3.05, 3.63) is 30.1 Å². The van der Waals surface area contributed by atoms with Gasteiger partial charge in [0.05, 0.1) is 10.9 Å². The van der Waals surface area contributed by atoms with Gasteiger partial charge in [-0.05, 0) is 44.0 Å². The normalized spacial score (nSPS) is 17.2. The van der Waals surface area contributed by atoms with E-state index in [0.29, 0.717) is 13.1 Å². The van der Waals surface area contributed by atoms with Gasteiger partial charge in [0.25, 0.3) is 0 Å². The van der Waals surface area contributed by atoms with E-state index in [4.69, 9.17) is 0 Å². The Hall–Kier alpha value is -1.47. The lowest BCUT2D eigenvalue weighted by Gasteiger charge is -2.21. The number of benzene rings is 1. The molecule has 0 saturated carbocycles. The second-order valence-corrected chi connectivity index (χ2v) is 6.54. The molecule has 1 atom stereocenters. The third kappa shape index (κ3) is 3.34. The van der Waals surface area contributed by atoms with Gasteiger partial charge >= 0.3 is 0 Å². The zero-order valence-corrected chi connectivity index (χ0v) is 12.0. The van der Waals surface area contributed by atoms with Crippen LogP contribution < -0.4 is 4.72 Å². The summed E-state index contributed by atoms with van der Waals surface area (Å²) < 4.78 is 39.3.